The maximum atomic E-state index is 12.9. The molecule has 0 spiro atoms. The van der Waals surface area contributed by atoms with Crippen LogP contribution in [0.1, 0.15) is 34.8 Å². The molecule has 0 fully saturated rings. The molecule has 3 N–H and O–H groups in total. The fraction of sp³-hybridized carbons (Fsp3) is 0.269. The lowest BCUT2D eigenvalue weighted by Crippen LogP contribution is -2.35. The first-order chi connectivity index (χ1) is 15.5. The molecule has 1 aliphatic carbocycles. The van der Waals surface area contributed by atoms with Gasteiger partial charge in [0.05, 0.1) is 11.8 Å². The van der Waals surface area contributed by atoms with Gasteiger partial charge >= 0.3 is 6.09 Å². The van der Waals surface area contributed by atoms with Crippen LogP contribution < -0.4 is 15.4 Å². The highest BCUT2D eigenvalue weighted by Crippen LogP contribution is 2.41. The molecule has 166 valence electrons. The molecule has 2 atom stereocenters. The Kier molecular flexibility index (Phi) is 6.73. The first kappa shape index (κ1) is 21.9. The minimum atomic E-state index is -0.783. The van der Waals surface area contributed by atoms with E-state index in [-0.39, 0.29) is 12.6 Å². The molecule has 6 nitrogen and oxygen atoms in total. The van der Waals surface area contributed by atoms with Crippen molar-refractivity contribution in [2.24, 2.45) is 5.73 Å². The maximum Gasteiger partial charge on any atom is 0.414 e. The van der Waals surface area contributed by atoms with E-state index in [1.807, 2.05) is 66.7 Å². The van der Waals surface area contributed by atoms with E-state index >= 15 is 0 Å². The Balaban J connectivity index is 1.61. The second-order valence-corrected chi connectivity index (χ2v) is 8.00. The number of hydrogen-bond donors (Lipinski definition) is 2. The van der Waals surface area contributed by atoms with E-state index in [1.54, 1.807) is 13.1 Å². The molecule has 6 heteroatoms. The number of fused-ring (bicyclic) bond motifs is 1. The van der Waals surface area contributed by atoms with Gasteiger partial charge < -0.3 is 20.3 Å². The summed E-state index contributed by atoms with van der Waals surface area (Å²) < 4.78 is 11.7. The Morgan fingerprint density at radius 1 is 1.00 bits per heavy atom. The summed E-state index contributed by atoms with van der Waals surface area (Å²) in [6.45, 7) is 0.536. The van der Waals surface area contributed by atoms with Crippen LogP contribution >= 0.6 is 0 Å². The molecule has 1 amide bonds. The Morgan fingerprint density at radius 3 is 2.28 bits per heavy atom. The highest BCUT2D eigenvalue weighted by atomic mass is 16.6. The molecule has 0 heterocycles. The summed E-state index contributed by atoms with van der Waals surface area (Å²) >= 11 is 0. The number of benzene rings is 3. The van der Waals surface area contributed by atoms with E-state index < -0.39 is 12.2 Å². The second kappa shape index (κ2) is 9.85. The predicted octanol–water partition coefficient (Wildman–Crippen LogP) is 4.35. The number of nitrogens with zero attached hydrogens (tertiary/aromatic N) is 1. The van der Waals surface area contributed by atoms with Crippen molar-refractivity contribution in [3.05, 3.63) is 95.1 Å². The number of nitrogens with two attached hydrogens (primary N) is 1. The quantitative estimate of drug-likeness (QED) is 0.605. The highest BCUT2D eigenvalue weighted by molar-refractivity contribution is 5.91. The third-order valence-electron chi connectivity index (χ3n) is 5.79. The van der Waals surface area contributed by atoms with Gasteiger partial charge in [0.25, 0.3) is 0 Å². The standard InChI is InChI=1S/C26H28N2O4/c1-28(26(30)32-17-19-10-6-3-7-11-19)24-20-12-14-22(27)25(29)21(20)13-15-23(24)31-16-18-8-4-2-5-9-18/h2-11,13,15,22,25,29H,12,14,16-17,27H2,1H3/t22-,25-/m1/s1. The van der Waals surface area contributed by atoms with Gasteiger partial charge in [0.2, 0.25) is 0 Å². The smallest absolute Gasteiger partial charge is 0.414 e. The number of aliphatic hydroxyl groups excluding tert-OH is 1. The largest absolute Gasteiger partial charge is 0.487 e. The van der Waals surface area contributed by atoms with Gasteiger partial charge in [-0.3, -0.25) is 4.90 Å². The van der Waals surface area contributed by atoms with Gasteiger partial charge in [0, 0.05) is 13.1 Å². The minimum Gasteiger partial charge on any atom is -0.487 e. The van der Waals surface area contributed by atoms with Crippen molar-refractivity contribution >= 4 is 11.8 Å². The number of aliphatic hydroxyl groups is 1. The average Bonchev–Trinajstić information content (AvgIpc) is 2.84. The lowest BCUT2D eigenvalue weighted by atomic mass is 9.85. The van der Waals surface area contributed by atoms with E-state index in [0.717, 1.165) is 22.3 Å². The Bertz CT molecular complexity index is 1060. The number of anilines is 1. The average molecular weight is 433 g/mol. The van der Waals surface area contributed by atoms with Crippen LogP contribution in [0.3, 0.4) is 0 Å². The zero-order valence-electron chi connectivity index (χ0n) is 18.1. The molecule has 3 aromatic rings. The third-order valence-corrected chi connectivity index (χ3v) is 5.79. The SMILES string of the molecule is CN(C(=O)OCc1ccccc1)c1c(OCc2ccccc2)ccc2c1CC[C@@H](N)[C@@H]2O. The molecule has 0 aromatic heterocycles. The third kappa shape index (κ3) is 4.77. The van der Waals surface area contributed by atoms with Crippen LogP contribution in [0.5, 0.6) is 5.75 Å². The van der Waals surface area contributed by atoms with Gasteiger partial charge in [-0.15, -0.1) is 0 Å². The first-order valence-corrected chi connectivity index (χ1v) is 10.7. The van der Waals surface area contributed by atoms with Crippen molar-refractivity contribution in [2.45, 2.75) is 38.2 Å². The van der Waals surface area contributed by atoms with Crippen molar-refractivity contribution in [1.29, 1.82) is 0 Å². The molecule has 1 aliphatic rings. The number of amides is 1. The first-order valence-electron chi connectivity index (χ1n) is 10.7. The summed E-state index contributed by atoms with van der Waals surface area (Å²) in [4.78, 5) is 14.4. The topological polar surface area (TPSA) is 85.0 Å². The normalized spacial score (nSPS) is 17.3. The molecular weight excluding hydrogens is 404 g/mol. The molecule has 3 aromatic carbocycles. The van der Waals surface area contributed by atoms with Crippen molar-refractivity contribution in [1.82, 2.24) is 0 Å². The van der Waals surface area contributed by atoms with E-state index in [4.69, 9.17) is 15.2 Å². The van der Waals surface area contributed by atoms with Gasteiger partial charge in [-0.1, -0.05) is 66.7 Å². The van der Waals surface area contributed by atoms with Crippen LogP contribution in [0.15, 0.2) is 72.8 Å². The highest BCUT2D eigenvalue weighted by Gasteiger charge is 2.31. The summed E-state index contributed by atoms with van der Waals surface area (Å²) in [5.41, 5.74) is 10.2. The Morgan fingerprint density at radius 2 is 1.62 bits per heavy atom. The number of carbonyl (C=O) groups is 1. The van der Waals surface area contributed by atoms with E-state index in [2.05, 4.69) is 0 Å². The number of hydrogen-bond acceptors (Lipinski definition) is 5. The van der Waals surface area contributed by atoms with Gasteiger partial charge in [-0.05, 0) is 41.2 Å². The van der Waals surface area contributed by atoms with Crippen molar-refractivity contribution < 1.29 is 19.4 Å². The lowest BCUT2D eigenvalue weighted by molar-refractivity contribution is 0.133. The monoisotopic (exact) mass is 432 g/mol. The van der Waals surface area contributed by atoms with Crippen molar-refractivity contribution in [3.63, 3.8) is 0 Å². The molecule has 0 bridgehead atoms. The zero-order chi connectivity index (χ0) is 22.5. The Labute approximate surface area is 188 Å². The van der Waals surface area contributed by atoms with Crippen LogP contribution in [-0.4, -0.2) is 24.3 Å². The van der Waals surface area contributed by atoms with Gasteiger partial charge in [0.1, 0.15) is 19.0 Å². The molecule has 0 aliphatic heterocycles. The van der Waals surface area contributed by atoms with Gasteiger partial charge in [0.15, 0.2) is 0 Å². The number of rotatable bonds is 6. The number of ether oxygens (including phenoxy) is 2. The summed E-state index contributed by atoms with van der Waals surface area (Å²) in [5.74, 6) is 0.564. The molecule has 0 unspecified atom stereocenters. The molecule has 0 saturated heterocycles. The van der Waals surface area contributed by atoms with Gasteiger partial charge in [-0.2, -0.15) is 0 Å². The summed E-state index contributed by atoms with van der Waals surface area (Å²) in [6, 6.07) is 22.7. The van der Waals surface area contributed by atoms with Crippen molar-refractivity contribution in [3.8, 4) is 5.75 Å². The summed E-state index contributed by atoms with van der Waals surface area (Å²) in [7, 11) is 1.67. The lowest BCUT2D eigenvalue weighted by Gasteiger charge is -2.32. The van der Waals surface area contributed by atoms with Crippen LogP contribution in [0.25, 0.3) is 0 Å². The van der Waals surface area contributed by atoms with Gasteiger partial charge in [-0.25, -0.2) is 4.79 Å². The second-order valence-electron chi connectivity index (χ2n) is 8.00. The molecule has 4 rings (SSSR count). The number of carbonyl (C=O) groups excluding carboxylic acids is 1. The van der Waals surface area contributed by atoms with Crippen LogP contribution in [-0.2, 0) is 24.4 Å². The zero-order valence-corrected chi connectivity index (χ0v) is 18.1. The Hall–Kier alpha value is -3.35. The fourth-order valence-corrected chi connectivity index (χ4v) is 4.00. The van der Waals surface area contributed by atoms with Crippen LogP contribution in [0.4, 0.5) is 10.5 Å². The van der Waals surface area contributed by atoms with E-state index in [0.29, 0.717) is 30.9 Å². The molecule has 32 heavy (non-hydrogen) atoms. The maximum absolute atomic E-state index is 12.9. The summed E-state index contributed by atoms with van der Waals surface area (Å²) in [6.07, 6.45) is -0.0108. The summed E-state index contributed by atoms with van der Waals surface area (Å²) in [5, 5.41) is 10.6. The van der Waals surface area contributed by atoms with Crippen LogP contribution in [0.2, 0.25) is 0 Å². The molecule has 0 saturated carbocycles. The van der Waals surface area contributed by atoms with E-state index in [9.17, 15) is 9.90 Å². The molecular formula is C26H28N2O4. The van der Waals surface area contributed by atoms with Crippen LogP contribution in [0, 0.1) is 0 Å². The molecule has 0 radical (unpaired) electrons. The van der Waals surface area contributed by atoms with E-state index in [1.165, 1.54) is 4.90 Å². The fourth-order valence-electron chi connectivity index (χ4n) is 4.00. The predicted molar refractivity (Wildman–Crippen MR) is 124 cm³/mol. The minimum absolute atomic E-state index is 0.173. The van der Waals surface area contributed by atoms with Crippen molar-refractivity contribution in [2.75, 3.05) is 11.9 Å².